The van der Waals surface area contributed by atoms with Crippen LogP contribution in [0.1, 0.15) is 29.6 Å². The summed E-state index contributed by atoms with van der Waals surface area (Å²) in [6.07, 6.45) is 0. The van der Waals surface area contributed by atoms with Crippen LogP contribution >= 0.6 is 38.6 Å². The van der Waals surface area contributed by atoms with Crippen molar-refractivity contribution < 1.29 is 8.42 Å². The number of hydrogen-bond donors (Lipinski definition) is 2. The Labute approximate surface area is 141 Å². The molecule has 0 aliphatic carbocycles. The van der Waals surface area contributed by atoms with Crippen LogP contribution in [-0.4, -0.2) is 15.0 Å². The van der Waals surface area contributed by atoms with E-state index in [-0.39, 0.29) is 6.04 Å². The normalized spacial score (nSPS) is 13.5. The zero-order chi connectivity index (χ0) is 15.5. The van der Waals surface area contributed by atoms with Crippen molar-refractivity contribution in [2.24, 2.45) is 0 Å². The van der Waals surface area contributed by atoms with Gasteiger partial charge in [-0.15, -0.1) is 22.7 Å². The lowest BCUT2D eigenvalue weighted by molar-refractivity contribution is 0.568. The van der Waals surface area contributed by atoms with E-state index in [1.807, 2.05) is 31.4 Å². The molecule has 2 heterocycles. The fourth-order valence-corrected chi connectivity index (χ4v) is 6.49. The van der Waals surface area contributed by atoms with Gasteiger partial charge in [-0.1, -0.05) is 13.0 Å². The van der Waals surface area contributed by atoms with E-state index in [0.29, 0.717) is 15.2 Å². The van der Waals surface area contributed by atoms with E-state index in [4.69, 9.17) is 0 Å². The molecule has 21 heavy (non-hydrogen) atoms. The lowest BCUT2D eigenvalue weighted by atomic mass is 10.3. The second kappa shape index (κ2) is 7.34. The van der Waals surface area contributed by atoms with Crippen LogP contribution in [0.15, 0.2) is 32.3 Å². The summed E-state index contributed by atoms with van der Waals surface area (Å²) in [5.41, 5.74) is 0. The van der Waals surface area contributed by atoms with E-state index < -0.39 is 10.0 Å². The van der Waals surface area contributed by atoms with E-state index >= 15 is 0 Å². The van der Waals surface area contributed by atoms with Crippen LogP contribution in [0.25, 0.3) is 0 Å². The molecule has 1 unspecified atom stereocenters. The molecule has 0 saturated carbocycles. The van der Waals surface area contributed by atoms with Gasteiger partial charge in [0.25, 0.3) is 0 Å². The Morgan fingerprint density at radius 3 is 2.81 bits per heavy atom. The monoisotopic (exact) mass is 408 g/mol. The molecule has 2 N–H and O–H groups in total. The Bertz CT molecular complexity index is 680. The molecular weight excluding hydrogens is 392 g/mol. The molecule has 2 aromatic rings. The Hall–Kier alpha value is -0.250. The van der Waals surface area contributed by atoms with Crippen LogP contribution in [-0.2, 0) is 16.6 Å². The summed E-state index contributed by atoms with van der Waals surface area (Å²) in [4.78, 5) is 2.30. The largest absolute Gasteiger partial charge is 0.312 e. The highest BCUT2D eigenvalue weighted by molar-refractivity contribution is 9.11. The van der Waals surface area contributed by atoms with E-state index in [9.17, 15) is 8.42 Å². The van der Waals surface area contributed by atoms with Gasteiger partial charge in [0.05, 0.1) is 9.83 Å². The van der Waals surface area contributed by atoms with Gasteiger partial charge in [-0.05, 0) is 46.9 Å². The Kier molecular flexibility index (Phi) is 5.98. The van der Waals surface area contributed by atoms with Crippen molar-refractivity contribution in [2.75, 3.05) is 6.54 Å². The summed E-state index contributed by atoms with van der Waals surface area (Å²) in [5.74, 6) is 0. The molecule has 2 aromatic heterocycles. The summed E-state index contributed by atoms with van der Waals surface area (Å²) in [7, 11) is -3.53. The van der Waals surface area contributed by atoms with E-state index in [0.717, 1.165) is 16.3 Å². The lowest BCUT2D eigenvalue weighted by Crippen LogP contribution is -2.26. The summed E-state index contributed by atoms with van der Waals surface area (Å²) >= 11 is 6.34. The van der Waals surface area contributed by atoms with Crippen LogP contribution < -0.4 is 10.0 Å². The second-order valence-electron chi connectivity index (χ2n) is 4.49. The minimum Gasteiger partial charge on any atom is -0.312 e. The average molecular weight is 409 g/mol. The first-order valence-corrected chi connectivity index (χ1v) is 10.5. The summed E-state index contributed by atoms with van der Waals surface area (Å²) < 4.78 is 28.4. The van der Waals surface area contributed by atoms with Gasteiger partial charge in [-0.25, -0.2) is 13.1 Å². The van der Waals surface area contributed by atoms with Crippen LogP contribution in [0.2, 0.25) is 0 Å². The number of thiophene rings is 2. The number of sulfonamides is 1. The van der Waals surface area contributed by atoms with E-state index in [2.05, 4.69) is 26.0 Å². The zero-order valence-electron chi connectivity index (χ0n) is 11.7. The highest BCUT2D eigenvalue weighted by Crippen LogP contribution is 2.32. The summed E-state index contributed by atoms with van der Waals surface area (Å²) in [5, 5.41) is 5.14. The maximum atomic E-state index is 12.5. The van der Waals surface area contributed by atoms with Gasteiger partial charge in [0.15, 0.2) is 0 Å². The molecule has 0 aliphatic rings. The van der Waals surface area contributed by atoms with Crippen molar-refractivity contribution in [3.63, 3.8) is 0 Å². The molecule has 0 aliphatic heterocycles. The third kappa shape index (κ3) is 4.37. The predicted octanol–water partition coefficient (Wildman–Crippen LogP) is 3.72. The van der Waals surface area contributed by atoms with Crippen LogP contribution in [0.3, 0.4) is 0 Å². The van der Waals surface area contributed by atoms with Gasteiger partial charge in [0, 0.05) is 16.3 Å². The molecule has 0 bridgehead atoms. The van der Waals surface area contributed by atoms with Gasteiger partial charge in [-0.3, -0.25) is 0 Å². The number of hydrogen-bond acceptors (Lipinski definition) is 5. The topological polar surface area (TPSA) is 58.2 Å². The van der Waals surface area contributed by atoms with Gasteiger partial charge in [-0.2, -0.15) is 0 Å². The number of rotatable bonds is 7. The molecule has 1 atom stereocenters. The fourth-order valence-electron chi connectivity index (χ4n) is 1.81. The summed E-state index contributed by atoms with van der Waals surface area (Å²) in [6, 6.07) is 5.33. The quantitative estimate of drug-likeness (QED) is 0.733. The zero-order valence-corrected chi connectivity index (χ0v) is 15.8. The Morgan fingerprint density at radius 2 is 2.19 bits per heavy atom. The third-order valence-electron chi connectivity index (χ3n) is 2.85. The van der Waals surface area contributed by atoms with Crippen molar-refractivity contribution in [3.05, 3.63) is 37.1 Å². The first kappa shape index (κ1) is 17.1. The first-order chi connectivity index (χ1) is 9.94. The first-order valence-electron chi connectivity index (χ1n) is 6.48. The highest BCUT2D eigenvalue weighted by atomic mass is 79.9. The molecule has 2 rings (SSSR count). The van der Waals surface area contributed by atoms with Crippen LogP contribution in [0, 0.1) is 0 Å². The van der Waals surface area contributed by atoms with E-state index in [1.165, 1.54) is 11.3 Å². The second-order valence-corrected chi connectivity index (χ2v) is 9.61. The van der Waals surface area contributed by atoms with Crippen molar-refractivity contribution in [1.29, 1.82) is 0 Å². The predicted molar refractivity (Wildman–Crippen MR) is 92.5 cm³/mol. The Balaban J connectivity index is 2.17. The van der Waals surface area contributed by atoms with Crippen molar-refractivity contribution in [3.8, 4) is 0 Å². The molecule has 0 amide bonds. The maximum Gasteiger partial charge on any atom is 0.243 e. The minimum atomic E-state index is -3.53. The number of nitrogens with one attached hydrogen (secondary N) is 2. The molecule has 0 radical (unpaired) electrons. The van der Waals surface area contributed by atoms with Crippen LogP contribution in [0.5, 0.6) is 0 Å². The molecule has 0 saturated heterocycles. The van der Waals surface area contributed by atoms with Crippen molar-refractivity contribution >= 4 is 48.6 Å². The van der Waals surface area contributed by atoms with Crippen molar-refractivity contribution in [1.82, 2.24) is 10.0 Å². The Morgan fingerprint density at radius 1 is 1.43 bits per heavy atom. The smallest absolute Gasteiger partial charge is 0.243 e. The van der Waals surface area contributed by atoms with Gasteiger partial charge in [0.2, 0.25) is 10.0 Å². The maximum absolute atomic E-state index is 12.5. The summed E-state index contributed by atoms with van der Waals surface area (Å²) in [6.45, 7) is 5.40. The minimum absolute atomic E-state index is 0.237. The van der Waals surface area contributed by atoms with Gasteiger partial charge < -0.3 is 5.32 Å². The average Bonchev–Trinajstić information content (AvgIpc) is 3.05. The molecular formula is C13H17BrN2O2S3. The number of halogens is 1. The SMILES string of the molecule is CCNCc1cc(S(=O)(=O)NC(C)c2cccs2)c(Br)s1. The standard InChI is InChI=1S/C13H17BrN2O2S3/c1-3-15-8-10-7-12(13(14)20-10)21(17,18)16-9(2)11-5-4-6-19-11/h4-7,9,15-16H,3,8H2,1-2H3. The van der Waals surface area contributed by atoms with E-state index in [1.54, 1.807) is 17.4 Å². The molecule has 8 heteroatoms. The molecule has 116 valence electrons. The third-order valence-corrected chi connectivity index (χ3v) is 7.69. The van der Waals surface area contributed by atoms with Crippen molar-refractivity contribution in [2.45, 2.75) is 31.3 Å². The van der Waals surface area contributed by atoms with Gasteiger partial charge >= 0.3 is 0 Å². The van der Waals surface area contributed by atoms with Crippen LogP contribution in [0.4, 0.5) is 0 Å². The lowest BCUT2D eigenvalue weighted by Gasteiger charge is -2.12. The molecule has 4 nitrogen and oxygen atoms in total. The van der Waals surface area contributed by atoms with Gasteiger partial charge in [0.1, 0.15) is 4.90 Å². The highest BCUT2D eigenvalue weighted by Gasteiger charge is 2.23. The molecule has 0 fully saturated rings. The fraction of sp³-hybridized carbons (Fsp3) is 0.385. The molecule has 0 aromatic carbocycles. The molecule has 0 spiro atoms.